The quantitative estimate of drug-likeness (QED) is 0.464. The third-order valence-electron chi connectivity index (χ3n) is 4.09. The molecule has 7 heteroatoms. The molecule has 0 aliphatic heterocycles. The van der Waals surface area contributed by atoms with Crippen LogP contribution < -0.4 is 9.47 Å². The maximum absolute atomic E-state index is 12.3. The molecule has 0 amide bonds. The van der Waals surface area contributed by atoms with E-state index in [1.165, 1.54) is 7.11 Å². The van der Waals surface area contributed by atoms with E-state index in [1.807, 2.05) is 42.5 Å². The van der Waals surface area contributed by atoms with Gasteiger partial charge >= 0.3 is 5.97 Å². The highest BCUT2D eigenvalue weighted by molar-refractivity contribution is 6.20. The van der Waals surface area contributed by atoms with Gasteiger partial charge in [-0.2, -0.15) is 0 Å². The van der Waals surface area contributed by atoms with E-state index in [0.29, 0.717) is 29.3 Å². The predicted octanol–water partition coefficient (Wildman–Crippen LogP) is 3.06. The standard InChI is InChI=1S/C21H21N3O4/c1-26-17-9-16(10-18(12-17)27-2)13-24-14-20(22-23-24)19(21(25)28-3)11-15-7-5-4-6-8-15/h4-12,14H,13H2,1-3H3. The zero-order valence-corrected chi connectivity index (χ0v) is 16.0. The summed E-state index contributed by atoms with van der Waals surface area (Å²) in [6.45, 7) is 0.445. The van der Waals surface area contributed by atoms with Gasteiger partial charge in [0.25, 0.3) is 0 Å². The zero-order chi connectivity index (χ0) is 19.9. The molecule has 0 N–H and O–H groups in total. The van der Waals surface area contributed by atoms with Gasteiger partial charge in [-0.05, 0) is 29.3 Å². The predicted molar refractivity (Wildman–Crippen MR) is 105 cm³/mol. The summed E-state index contributed by atoms with van der Waals surface area (Å²) in [5.41, 5.74) is 2.57. The molecule has 3 aromatic rings. The molecule has 0 spiro atoms. The molecule has 0 unspecified atom stereocenters. The Hall–Kier alpha value is -3.61. The van der Waals surface area contributed by atoms with Crippen LogP contribution in [-0.4, -0.2) is 42.3 Å². The number of carbonyl (C=O) groups is 1. The first-order valence-electron chi connectivity index (χ1n) is 8.60. The van der Waals surface area contributed by atoms with Gasteiger partial charge in [-0.1, -0.05) is 35.5 Å². The minimum absolute atomic E-state index is 0.336. The topological polar surface area (TPSA) is 75.5 Å². The minimum Gasteiger partial charge on any atom is -0.497 e. The van der Waals surface area contributed by atoms with Crippen molar-refractivity contribution in [2.45, 2.75) is 6.54 Å². The first kappa shape index (κ1) is 19.2. The third-order valence-corrected chi connectivity index (χ3v) is 4.09. The lowest BCUT2D eigenvalue weighted by Crippen LogP contribution is -2.04. The molecule has 0 radical (unpaired) electrons. The second kappa shape index (κ2) is 8.85. The number of benzene rings is 2. The molecule has 144 valence electrons. The SMILES string of the molecule is COC(=O)C(=Cc1ccccc1)c1cn(Cc2cc(OC)cc(OC)c2)nn1. The van der Waals surface area contributed by atoms with Crippen molar-refractivity contribution in [3.05, 3.63) is 71.5 Å². The summed E-state index contributed by atoms with van der Waals surface area (Å²) in [4.78, 5) is 12.3. The van der Waals surface area contributed by atoms with Crippen molar-refractivity contribution in [2.75, 3.05) is 21.3 Å². The number of ether oxygens (including phenoxy) is 3. The van der Waals surface area contributed by atoms with Gasteiger partial charge in [-0.3, -0.25) is 0 Å². The lowest BCUT2D eigenvalue weighted by atomic mass is 10.1. The van der Waals surface area contributed by atoms with Gasteiger partial charge in [-0.25, -0.2) is 9.48 Å². The van der Waals surface area contributed by atoms with Crippen LogP contribution in [0.2, 0.25) is 0 Å². The summed E-state index contributed by atoms with van der Waals surface area (Å²) < 4.78 is 17.1. The molecule has 1 aromatic heterocycles. The van der Waals surface area contributed by atoms with E-state index in [9.17, 15) is 4.79 Å². The number of hydrogen-bond donors (Lipinski definition) is 0. The molecule has 0 saturated carbocycles. The Balaban J connectivity index is 1.89. The monoisotopic (exact) mass is 379 g/mol. The lowest BCUT2D eigenvalue weighted by Gasteiger charge is -2.08. The summed E-state index contributed by atoms with van der Waals surface area (Å²) >= 11 is 0. The van der Waals surface area contributed by atoms with Crippen LogP contribution in [0.4, 0.5) is 0 Å². The van der Waals surface area contributed by atoms with Gasteiger partial charge in [0, 0.05) is 6.07 Å². The molecule has 1 heterocycles. The van der Waals surface area contributed by atoms with E-state index < -0.39 is 5.97 Å². The van der Waals surface area contributed by atoms with E-state index >= 15 is 0 Å². The van der Waals surface area contributed by atoms with Gasteiger partial charge in [-0.15, -0.1) is 5.10 Å². The van der Waals surface area contributed by atoms with Crippen LogP contribution in [0.25, 0.3) is 11.6 Å². The molecule has 2 aromatic carbocycles. The van der Waals surface area contributed by atoms with E-state index in [0.717, 1.165) is 11.1 Å². The van der Waals surface area contributed by atoms with Crippen molar-refractivity contribution >= 4 is 17.6 Å². The first-order chi connectivity index (χ1) is 13.6. The Morgan fingerprint density at radius 1 is 1.04 bits per heavy atom. The fourth-order valence-electron chi connectivity index (χ4n) is 2.71. The van der Waals surface area contributed by atoms with Gasteiger partial charge < -0.3 is 14.2 Å². The number of esters is 1. The molecule has 0 bridgehead atoms. The molecule has 7 nitrogen and oxygen atoms in total. The summed E-state index contributed by atoms with van der Waals surface area (Å²) in [5, 5.41) is 8.28. The van der Waals surface area contributed by atoms with E-state index in [2.05, 4.69) is 10.3 Å². The number of carbonyl (C=O) groups excluding carboxylic acids is 1. The maximum atomic E-state index is 12.3. The van der Waals surface area contributed by atoms with E-state index in [4.69, 9.17) is 14.2 Å². The number of aromatic nitrogens is 3. The largest absolute Gasteiger partial charge is 0.497 e. The lowest BCUT2D eigenvalue weighted by molar-refractivity contribution is -0.133. The molecule has 0 atom stereocenters. The number of nitrogens with zero attached hydrogens (tertiary/aromatic N) is 3. The Morgan fingerprint density at radius 3 is 2.32 bits per heavy atom. The van der Waals surface area contributed by atoms with E-state index in [1.54, 1.807) is 37.2 Å². The van der Waals surface area contributed by atoms with Crippen LogP contribution >= 0.6 is 0 Å². The molecule has 0 aliphatic carbocycles. The van der Waals surface area contributed by atoms with E-state index in [-0.39, 0.29) is 0 Å². The van der Waals surface area contributed by atoms with Gasteiger partial charge in [0.1, 0.15) is 17.2 Å². The van der Waals surface area contributed by atoms with Crippen LogP contribution in [-0.2, 0) is 16.1 Å². The minimum atomic E-state index is -0.473. The first-order valence-corrected chi connectivity index (χ1v) is 8.60. The van der Waals surface area contributed by atoms with Crippen LogP contribution in [0.3, 0.4) is 0 Å². The van der Waals surface area contributed by atoms with Gasteiger partial charge in [0.05, 0.1) is 39.6 Å². The third kappa shape index (κ3) is 4.56. The Labute approximate surface area is 163 Å². The van der Waals surface area contributed by atoms with Crippen molar-refractivity contribution in [3.8, 4) is 11.5 Å². The highest BCUT2D eigenvalue weighted by Crippen LogP contribution is 2.23. The Kier molecular flexibility index (Phi) is 6.06. The number of methoxy groups -OCH3 is 3. The molecule has 0 fully saturated rings. The second-order valence-electron chi connectivity index (χ2n) is 5.98. The Bertz CT molecular complexity index is 958. The van der Waals surface area contributed by atoms with Gasteiger partial charge in [0.2, 0.25) is 0 Å². The molecular weight excluding hydrogens is 358 g/mol. The molecule has 3 rings (SSSR count). The van der Waals surface area contributed by atoms with Gasteiger partial charge in [0.15, 0.2) is 0 Å². The molecule has 0 aliphatic rings. The average Bonchev–Trinajstić information content (AvgIpc) is 3.19. The maximum Gasteiger partial charge on any atom is 0.340 e. The van der Waals surface area contributed by atoms with Crippen LogP contribution in [0.15, 0.2) is 54.7 Å². The van der Waals surface area contributed by atoms with Crippen molar-refractivity contribution in [2.24, 2.45) is 0 Å². The highest BCUT2D eigenvalue weighted by atomic mass is 16.5. The summed E-state index contributed by atoms with van der Waals surface area (Å²) in [7, 11) is 4.54. The van der Waals surface area contributed by atoms with Crippen molar-refractivity contribution in [1.82, 2.24) is 15.0 Å². The van der Waals surface area contributed by atoms with Crippen molar-refractivity contribution in [3.63, 3.8) is 0 Å². The summed E-state index contributed by atoms with van der Waals surface area (Å²) in [5.74, 6) is 0.904. The van der Waals surface area contributed by atoms with Crippen LogP contribution in [0.5, 0.6) is 11.5 Å². The van der Waals surface area contributed by atoms with Crippen molar-refractivity contribution < 1.29 is 19.0 Å². The summed E-state index contributed by atoms with van der Waals surface area (Å²) in [6, 6.07) is 15.1. The normalized spacial score (nSPS) is 11.2. The van der Waals surface area contributed by atoms with Crippen molar-refractivity contribution in [1.29, 1.82) is 0 Å². The summed E-state index contributed by atoms with van der Waals surface area (Å²) in [6.07, 6.45) is 3.44. The fourth-order valence-corrected chi connectivity index (χ4v) is 2.71. The Morgan fingerprint density at radius 2 is 1.71 bits per heavy atom. The molecular formula is C21H21N3O4. The fraction of sp³-hybridized carbons (Fsp3) is 0.190. The second-order valence-corrected chi connectivity index (χ2v) is 5.98. The number of hydrogen-bond acceptors (Lipinski definition) is 6. The number of rotatable bonds is 7. The molecule has 0 saturated heterocycles. The van der Waals surface area contributed by atoms with Crippen LogP contribution in [0, 0.1) is 0 Å². The van der Waals surface area contributed by atoms with Crippen LogP contribution in [0.1, 0.15) is 16.8 Å². The zero-order valence-electron chi connectivity index (χ0n) is 16.0. The highest BCUT2D eigenvalue weighted by Gasteiger charge is 2.17. The average molecular weight is 379 g/mol. The smallest absolute Gasteiger partial charge is 0.340 e. The molecule has 28 heavy (non-hydrogen) atoms.